The van der Waals surface area contributed by atoms with Crippen molar-refractivity contribution < 1.29 is 13.2 Å². The molecule has 0 heterocycles. The third-order valence-corrected chi connectivity index (χ3v) is 4.55. The van der Waals surface area contributed by atoms with Crippen LogP contribution in [0, 0.1) is 5.92 Å². The Labute approximate surface area is 130 Å². The van der Waals surface area contributed by atoms with Gasteiger partial charge in [0, 0.05) is 12.6 Å². The molecule has 0 bridgehead atoms. The standard InChI is InChI=1S/C14H19ClN2O3S/c1-9(2)8-17(10-3-4-10)14(18)12-7-11(21(16,19)20)5-6-13(12)15/h5-7,9-10H,3-4,8H2,1-2H3,(H2,16,19,20). The van der Waals surface area contributed by atoms with Gasteiger partial charge in [-0.15, -0.1) is 0 Å². The number of rotatable bonds is 5. The van der Waals surface area contributed by atoms with Crippen molar-refractivity contribution >= 4 is 27.5 Å². The van der Waals surface area contributed by atoms with E-state index in [0.717, 1.165) is 12.8 Å². The van der Waals surface area contributed by atoms with Gasteiger partial charge in [0.05, 0.1) is 15.5 Å². The number of benzene rings is 1. The summed E-state index contributed by atoms with van der Waals surface area (Å²) < 4.78 is 22.8. The van der Waals surface area contributed by atoms with Crippen molar-refractivity contribution in [3.63, 3.8) is 0 Å². The van der Waals surface area contributed by atoms with Crippen LogP contribution < -0.4 is 5.14 Å². The van der Waals surface area contributed by atoms with Crippen LogP contribution in [0.2, 0.25) is 5.02 Å². The van der Waals surface area contributed by atoms with Crippen LogP contribution in [0.5, 0.6) is 0 Å². The molecule has 1 aromatic carbocycles. The molecule has 1 aromatic rings. The van der Waals surface area contributed by atoms with Crippen LogP contribution in [-0.2, 0) is 10.0 Å². The first kappa shape index (κ1) is 16.3. The molecule has 0 radical (unpaired) electrons. The van der Waals surface area contributed by atoms with E-state index in [-0.39, 0.29) is 27.4 Å². The van der Waals surface area contributed by atoms with Gasteiger partial charge >= 0.3 is 0 Å². The number of amides is 1. The fourth-order valence-corrected chi connectivity index (χ4v) is 2.92. The van der Waals surface area contributed by atoms with E-state index in [4.69, 9.17) is 16.7 Å². The number of carbonyl (C=O) groups is 1. The van der Waals surface area contributed by atoms with Gasteiger partial charge < -0.3 is 4.90 Å². The van der Waals surface area contributed by atoms with E-state index in [9.17, 15) is 13.2 Å². The van der Waals surface area contributed by atoms with Gasteiger partial charge in [-0.05, 0) is 37.0 Å². The van der Waals surface area contributed by atoms with Crippen molar-refractivity contribution in [3.8, 4) is 0 Å². The average Bonchev–Trinajstić information content (AvgIpc) is 3.18. The van der Waals surface area contributed by atoms with Gasteiger partial charge in [0.15, 0.2) is 0 Å². The highest BCUT2D eigenvalue weighted by atomic mass is 35.5. The predicted molar refractivity (Wildman–Crippen MR) is 81.7 cm³/mol. The summed E-state index contributed by atoms with van der Waals surface area (Å²) in [6, 6.07) is 4.19. The number of primary sulfonamides is 1. The summed E-state index contributed by atoms with van der Waals surface area (Å²) in [7, 11) is -3.86. The second kappa shape index (κ2) is 5.94. The topological polar surface area (TPSA) is 80.5 Å². The van der Waals surface area contributed by atoms with E-state index >= 15 is 0 Å². The molecule has 5 nitrogen and oxygen atoms in total. The lowest BCUT2D eigenvalue weighted by Crippen LogP contribution is -2.36. The largest absolute Gasteiger partial charge is 0.335 e. The van der Waals surface area contributed by atoms with Gasteiger partial charge in [-0.2, -0.15) is 0 Å². The zero-order chi connectivity index (χ0) is 15.8. The molecule has 0 saturated heterocycles. The lowest BCUT2D eigenvalue weighted by atomic mass is 10.1. The van der Waals surface area contributed by atoms with Crippen LogP contribution in [0.3, 0.4) is 0 Å². The number of carbonyl (C=O) groups excluding carboxylic acids is 1. The molecule has 116 valence electrons. The van der Waals surface area contributed by atoms with Crippen LogP contribution >= 0.6 is 11.6 Å². The summed E-state index contributed by atoms with van der Waals surface area (Å²) in [6.07, 6.45) is 1.95. The number of nitrogens with two attached hydrogens (primary N) is 1. The van der Waals surface area contributed by atoms with E-state index in [0.29, 0.717) is 12.5 Å². The van der Waals surface area contributed by atoms with Gasteiger partial charge in [0.1, 0.15) is 0 Å². The maximum Gasteiger partial charge on any atom is 0.255 e. The summed E-state index contributed by atoms with van der Waals surface area (Å²) in [5.41, 5.74) is 0.191. The van der Waals surface area contributed by atoms with Crippen molar-refractivity contribution in [1.29, 1.82) is 0 Å². The molecule has 2 rings (SSSR count). The lowest BCUT2D eigenvalue weighted by Gasteiger charge is -2.25. The summed E-state index contributed by atoms with van der Waals surface area (Å²) in [6.45, 7) is 4.69. The Kier molecular flexibility index (Phi) is 4.60. The first-order valence-electron chi connectivity index (χ1n) is 6.83. The van der Waals surface area contributed by atoms with E-state index < -0.39 is 10.0 Å². The summed E-state index contributed by atoms with van der Waals surface area (Å²) in [5.74, 6) is 0.0939. The Morgan fingerprint density at radius 1 is 1.43 bits per heavy atom. The third-order valence-electron chi connectivity index (χ3n) is 3.31. The van der Waals surface area contributed by atoms with Crippen molar-refractivity contribution in [3.05, 3.63) is 28.8 Å². The van der Waals surface area contributed by atoms with Crippen molar-refractivity contribution in [2.24, 2.45) is 11.1 Å². The molecule has 0 aromatic heterocycles. The zero-order valence-corrected chi connectivity index (χ0v) is 13.6. The van der Waals surface area contributed by atoms with Crippen LogP contribution in [0.4, 0.5) is 0 Å². The van der Waals surface area contributed by atoms with Crippen LogP contribution in [0.1, 0.15) is 37.0 Å². The Hall–Kier alpha value is -1.11. The molecule has 0 unspecified atom stereocenters. The molecule has 7 heteroatoms. The Bertz CT molecular complexity index is 654. The number of sulfonamides is 1. The zero-order valence-electron chi connectivity index (χ0n) is 12.0. The molecular formula is C14H19ClN2O3S. The molecule has 1 amide bonds. The summed E-state index contributed by atoms with van der Waals surface area (Å²) >= 11 is 6.06. The average molecular weight is 331 g/mol. The molecule has 1 fully saturated rings. The monoisotopic (exact) mass is 330 g/mol. The lowest BCUT2D eigenvalue weighted by molar-refractivity contribution is 0.0722. The van der Waals surface area contributed by atoms with Crippen LogP contribution in [0.25, 0.3) is 0 Å². The summed E-state index contributed by atoms with van der Waals surface area (Å²) in [4.78, 5) is 14.3. The quantitative estimate of drug-likeness (QED) is 0.899. The minimum atomic E-state index is -3.86. The maximum absolute atomic E-state index is 12.7. The molecule has 21 heavy (non-hydrogen) atoms. The Balaban J connectivity index is 2.37. The molecule has 0 aliphatic heterocycles. The summed E-state index contributed by atoms with van der Waals surface area (Å²) in [5, 5.41) is 5.35. The normalized spacial score (nSPS) is 15.3. The third kappa shape index (κ3) is 3.96. The molecule has 0 atom stereocenters. The van der Waals surface area contributed by atoms with Crippen LogP contribution in [0.15, 0.2) is 23.1 Å². The molecule has 1 aliphatic carbocycles. The van der Waals surface area contributed by atoms with Gasteiger partial charge in [-0.1, -0.05) is 25.4 Å². The Morgan fingerprint density at radius 3 is 2.52 bits per heavy atom. The number of nitrogens with zero attached hydrogens (tertiary/aromatic N) is 1. The van der Waals surface area contributed by atoms with Gasteiger partial charge in [-0.3, -0.25) is 4.79 Å². The first-order valence-corrected chi connectivity index (χ1v) is 8.76. The minimum absolute atomic E-state index is 0.101. The molecule has 2 N–H and O–H groups in total. The highest BCUT2D eigenvalue weighted by molar-refractivity contribution is 7.89. The number of hydrogen-bond acceptors (Lipinski definition) is 3. The van der Waals surface area contributed by atoms with E-state index in [1.807, 2.05) is 13.8 Å². The van der Waals surface area contributed by atoms with E-state index in [2.05, 4.69) is 0 Å². The second-order valence-corrected chi connectivity index (χ2v) is 7.74. The molecule has 0 spiro atoms. The van der Waals surface area contributed by atoms with Gasteiger partial charge in [-0.25, -0.2) is 13.6 Å². The smallest absolute Gasteiger partial charge is 0.255 e. The predicted octanol–water partition coefficient (Wildman–Crippen LogP) is 2.25. The second-order valence-electron chi connectivity index (χ2n) is 5.77. The van der Waals surface area contributed by atoms with Gasteiger partial charge in [0.25, 0.3) is 5.91 Å². The molecular weight excluding hydrogens is 312 g/mol. The number of halogens is 1. The molecule has 1 aliphatic rings. The van der Waals surface area contributed by atoms with E-state index in [1.54, 1.807) is 4.90 Å². The van der Waals surface area contributed by atoms with E-state index in [1.165, 1.54) is 18.2 Å². The van der Waals surface area contributed by atoms with Crippen molar-refractivity contribution in [2.75, 3.05) is 6.54 Å². The van der Waals surface area contributed by atoms with Crippen molar-refractivity contribution in [1.82, 2.24) is 4.90 Å². The minimum Gasteiger partial charge on any atom is -0.335 e. The Morgan fingerprint density at radius 2 is 2.05 bits per heavy atom. The van der Waals surface area contributed by atoms with Crippen molar-refractivity contribution in [2.45, 2.75) is 37.6 Å². The maximum atomic E-state index is 12.7. The SMILES string of the molecule is CC(C)CN(C(=O)c1cc(S(N)(=O)=O)ccc1Cl)C1CC1. The fourth-order valence-electron chi connectivity index (χ4n) is 2.18. The first-order chi connectivity index (χ1) is 9.70. The van der Waals surface area contributed by atoms with Gasteiger partial charge in [0.2, 0.25) is 10.0 Å². The highest BCUT2D eigenvalue weighted by Crippen LogP contribution is 2.31. The number of hydrogen-bond donors (Lipinski definition) is 1. The van der Waals surface area contributed by atoms with Crippen LogP contribution in [-0.4, -0.2) is 31.8 Å². The fraction of sp³-hybridized carbons (Fsp3) is 0.500. The highest BCUT2D eigenvalue weighted by Gasteiger charge is 2.34. The molecule has 1 saturated carbocycles.